The van der Waals surface area contributed by atoms with Crippen molar-refractivity contribution < 1.29 is 0 Å². The summed E-state index contributed by atoms with van der Waals surface area (Å²) in [4.78, 5) is 11.5. The molecule has 0 saturated heterocycles. The molecule has 0 aliphatic heterocycles. The van der Waals surface area contributed by atoms with Gasteiger partial charge in [-0.15, -0.1) is 0 Å². The summed E-state index contributed by atoms with van der Waals surface area (Å²) in [5.41, 5.74) is 7.01. The monoisotopic (exact) mass is 282 g/mol. The molecule has 0 unspecified atom stereocenters. The highest BCUT2D eigenvalue weighted by atomic mass is 15.2. The van der Waals surface area contributed by atoms with Gasteiger partial charge in [0.1, 0.15) is 11.6 Å². The molecule has 21 heavy (non-hydrogen) atoms. The highest BCUT2D eigenvalue weighted by molar-refractivity contribution is 5.60. The maximum atomic E-state index is 6.00. The molecule has 4 nitrogen and oxygen atoms in total. The minimum absolute atomic E-state index is 0.538. The molecule has 1 aliphatic rings. The van der Waals surface area contributed by atoms with E-state index in [1.54, 1.807) is 0 Å². The van der Waals surface area contributed by atoms with Crippen molar-refractivity contribution in [3.05, 3.63) is 36.4 Å². The third-order valence-electron chi connectivity index (χ3n) is 3.76. The van der Waals surface area contributed by atoms with Crippen LogP contribution in [0.25, 0.3) is 11.4 Å². The maximum absolute atomic E-state index is 6.00. The Morgan fingerprint density at radius 1 is 1.19 bits per heavy atom. The predicted molar refractivity (Wildman–Crippen MR) is 87.1 cm³/mol. The molecule has 0 spiro atoms. The van der Waals surface area contributed by atoms with E-state index < -0.39 is 0 Å². The summed E-state index contributed by atoms with van der Waals surface area (Å²) in [6.07, 6.45) is 3.79. The molecule has 0 atom stereocenters. The number of hydrogen-bond donors (Lipinski definition) is 1. The molecule has 1 aliphatic carbocycles. The number of rotatable bonds is 6. The predicted octanol–water partition coefficient (Wildman–Crippen LogP) is 3.35. The number of nitrogens with zero attached hydrogens (tertiary/aromatic N) is 3. The second-order valence-corrected chi connectivity index (χ2v) is 5.73. The summed E-state index contributed by atoms with van der Waals surface area (Å²) in [7, 11) is 0. The van der Waals surface area contributed by atoms with Crippen LogP contribution in [0, 0.1) is 5.92 Å². The topological polar surface area (TPSA) is 55.0 Å². The summed E-state index contributed by atoms with van der Waals surface area (Å²) in [6, 6.07) is 11.9. The molecule has 0 radical (unpaired) electrons. The van der Waals surface area contributed by atoms with Crippen LogP contribution in [0.15, 0.2) is 36.4 Å². The van der Waals surface area contributed by atoms with Crippen LogP contribution in [-0.2, 0) is 0 Å². The van der Waals surface area contributed by atoms with Crippen molar-refractivity contribution in [2.45, 2.75) is 26.2 Å². The molecule has 2 N–H and O–H groups in total. The Morgan fingerprint density at radius 3 is 2.62 bits per heavy atom. The lowest BCUT2D eigenvalue weighted by molar-refractivity contribution is 0.699. The van der Waals surface area contributed by atoms with Crippen LogP contribution in [0.2, 0.25) is 0 Å². The first kappa shape index (κ1) is 13.9. The second kappa shape index (κ2) is 6.12. The van der Waals surface area contributed by atoms with Gasteiger partial charge in [-0.3, -0.25) is 0 Å². The SMILES string of the molecule is CCCN(CC1CC1)c1cc(N)nc(-c2ccccc2)n1. The molecule has 110 valence electrons. The van der Waals surface area contributed by atoms with Crippen LogP contribution >= 0.6 is 0 Å². The van der Waals surface area contributed by atoms with Crippen molar-refractivity contribution in [3.63, 3.8) is 0 Å². The lowest BCUT2D eigenvalue weighted by atomic mass is 10.2. The van der Waals surface area contributed by atoms with Gasteiger partial charge in [-0.25, -0.2) is 9.97 Å². The van der Waals surface area contributed by atoms with Gasteiger partial charge in [0.15, 0.2) is 5.82 Å². The zero-order valence-electron chi connectivity index (χ0n) is 12.5. The van der Waals surface area contributed by atoms with E-state index in [-0.39, 0.29) is 0 Å². The minimum atomic E-state index is 0.538. The third kappa shape index (κ3) is 3.51. The van der Waals surface area contributed by atoms with Gasteiger partial charge >= 0.3 is 0 Å². The van der Waals surface area contributed by atoms with Crippen molar-refractivity contribution in [1.29, 1.82) is 0 Å². The molecular formula is C17H22N4. The second-order valence-electron chi connectivity index (χ2n) is 5.73. The summed E-state index contributed by atoms with van der Waals surface area (Å²) in [5, 5.41) is 0. The van der Waals surface area contributed by atoms with Crippen molar-refractivity contribution in [2.75, 3.05) is 23.7 Å². The van der Waals surface area contributed by atoms with Crippen LogP contribution in [0.1, 0.15) is 26.2 Å². The quantitative estimate of drug-likeness (QED) is 0.882. The number of nitrogen functional groups attached to an aromatic ring is 1. The van der Waals surface area contributed by atoms with Gasteiger partial charge in [0.25, 0.3) is 0 Å². The van der Waals surface area contributed by atoms with Gasteiger partial charge in [0.2, 0.25) is 0 Å². The molecule has 0 amide bonds. The van der Waals surface area contributed by atoms with Gasteiger partial charge in [-0.2, -0.15) is 0 Å². The Kier molecular flexibility index (Phi) is 4.04. The normalized spacial score (nSPS) is 14.1. The molecule has 1 fully saturated rings. The Bertz CT molecular complexity index is 593. The number of benzene rings is 1. The Labute approximate surface area is 126 Å². The van der Waals surface area contributed by atoms with Crippen LogP contribution in [0.4, 0.5) is 11.6 Å². The molecule has 1 heterocycles. The van der Waals surface area contributed by atoms with Crippen molar-refractivity contribution >= 4 is 11.6 Å². The first-order chi connectivity index (χ1) is 10.3. The highest BCUT2D eigenvalue weighted by Crippen LogP contribution is 2.31. The lowest BCUT2D eigenvalue weighted by Crippen LogP contribution is -2.27. The van der Waals surface area contributed by atoms with Crippen molar-refractivity contribution in [3.8, 4) is 11.4 Å². The molecule has 0 bridgehead atoms. The van der Waals surface area contributed by atoms with Gasteiger partial charge < -0.3 is 10.6 Å². The maximum Gasteiger partial charge on any atom is 0.163 e. The smallest absolute Gasteiger partial charge is 0.163 e. The Morgan fingerprint density at radius 2 is 1.95 bits per heavy atom. The average Bonchev–Trinajstić information content (AvgIpc) is 3.31. The molecule has 1 aromatic heterocycles. The molecule has 4 heteroatoms. The van der Waals surface area contributed by atoms with Crippen molar-refractivity contribution in [1.82, 2.24) is 9.97 Å². The number of hydrogen-bond acceptors (Lipinski definition) is 4. The fraction of sp³-hybridized carbons (Fsp3) is 0.412. The summed E-state index contributed by atoms with van der Waals surface area (Å²) in [5.74, 6) is 3.03. The van der Waals surface area contributed by atoms with Gasteiger partial charge in [0, 0.05) is 24.7 Å². The van der Waals surface area contributed by atoms with Crippen LogP contribution in [0.3, 0.4) is 0 Å². The van der Waals surface area contributed by atoms with Crippen LogP contribution in [0.5, 0.6) is 0 Å². The van der Waals surface area contributed by atoms with Crippen molar-refractivity contribution in [2.24, 2.45) is 5.92 Å². The zero-order valence-corrected chi connectivity index (χ0v) is 12.5. The van der Waals surface area contributed by atoms with Gasteiger partial charge in [0.05, 0.1) is 0 Å². The largest absolute Gasteiger partial charge is 0.384 e. The lowest BCUT2D eigenvalue weighted by Gasteiger charge is -2.23. The van der Waals surface area contributed by atoms with E-state index in [1.165, 1.54) is 12.8 Å². The Balaban J connectivity index is 1.91. The van der Waals surface area contributed by atoms with E-state index in [1.807, 2.05) is 36.4 Å². The zero-order chi connectivity index (χ0) is 14.7. The van der Waals surface area contributed by atoms with E-state index in [0.717, 1.165) is 36.8 Å². The van der Waals surface area contributed by atoms with E-state index >= 15 is 0 Å². The van der Waals surface area contributed by atoms with E-state index in [2.05, 4.69) is 16.8 Å². The minimum Gasteiger partial charge on any atom is -0.384 e. The van der Waals surface area contributed by atoms with E-state index in [4.69, 9.17) is 10.7 Å². The van der Waals surface area contributed by atoms with Crippen LogP contribution < -0.4 is 10.6 Å². The van der Waals surface area contributed by atoms with Gasteiger partial charge in [-0.1, -0.05) is 37.3 Å². The highest BCUT2D eigenvalue weighted by Gasteiger charge is 2.25. The van der Waals surface area contributed by atoms with E-state index in [9.17, 15) is 0 Å². The first-order valence-electron chi connectivity index (χ1n) is 7.71. The standard InChI is InChI=1S/C17H22N4/c1-2-10-21(12-13-8-9-13)16-11-15(18)19-17(20-16)14-6-4-3-5-7-14/h3-7,11,13H,2,8-10,12H2,1H3,(H2,18,19,20). The Hall–Kier alpha value is -2.10. The number of anilines is 2. The fourth-order valence-electron chi connectivity index (χ4n) is 2.51. The summed E-state index contributed by atoms with van der Waals surface area (Å²) < 4.78 is 0. The van der Waals surface area contributed by atoms with Crippen LogP contribution in [-0.4, -0.2) is 23.1 Å². The van der Waals surface area contributed by atoms with E-state index in [0.29, 0.717) is 11.6 Å². The first-order valence-corrected chi connectivity index (χ1v) is 7.71. The molecule has 2 aromatic rings. The third-order valence-corrected chi connectivity index (χ3v) is 3.76. The van der Waals surface area contributed by atoms with Gasteiger partial charge in [-0.05, 0) is 25.2 Å². The molecule has 1 saturated carbocycles. The fourth-order valence-corrected chi connectivity index (χ4v) is 2.51. The average molecular weight is 282 g/mol. The summed E-state index contributed by atoms with van der Waals surface area (Å²) >= 11 is 0. The molecule has 1 aromatic carbocycles. The number of nitrogens with two attached hydrogens (primary N) is 1. The molecular weight excluding hydrogens is 260 g/mol. The number of aromatic nitrogens is 2. The summed E-state index contributed by atoms with van der Waals surface area (Å²) in [6.45, 7) is 4.29. The molecule has 3 rings (SSSR count).